The van der Waals surface area contributed by atoms with Crippen molar-refractivity contribution >= 4 is 22.7 Å². The lowest BCUT2D eigenvalue weighted by molar-refractivity contribution is 0.604. The zero-order chi connectivity index (χ0) is 11.8. The third-order valence-electron chi connectivity index (χ3n) is 2.39. The molecule has 0 aliphatic heterocycles. The van der Waals surface area contributed by atoms with Crippen molar-refractivity contribution in [1.29, 1.82) is 0 Å². The van der Waals surface area contributed by atoms with Gasteiger partial charge in [0.05, 0.1) is 6.04 Å². The van der Waals surface area contributed by atoms with Gasteiger partial charge in [-0.05, 0) is 17.5 Å². The smallest absolute Gasteiger partial charge is 0.115 e. The minimum atomic E-state index is -0.0684. The molecule has 0 saturated heterocycles. The van der Waals surface area contributed by atoms with Crippen LogP contribution in [0.15, 0.2) is 23.7 Å². The maximum absolute atomic E-state index is 6.18. The van der Waals surface area contributed by atoms with Crippen LogP contribution in [0.4, 0.5) is 0 Å². The summed E-state index contributed by atoms with van der Waals surface area (Å²) >= 11 is 3.40. The van der Waals surface area contributed by atoms with Gasteiger partial charge in [0.15, 0.2) is 0 Å². The first kappa shape index (κ1) is 11.8. The molecule has 0 radical (unpaired) electrons. The van der Waals surface area contributed by atoms with E-state index in [1.54, 1.807) is 28.9 Å². The fraction of sp³-hybridized carbons (Fsp3) is 0.417. The van der Waals surface area contributed by atoms with Crippen LogP contribution >= 0.6 is 22.7 Å². The molecule has 2 nitrogen and oxygen atoms in total. The zero-order valence-corrected chi connectivity index (χ0v) is 11.4. The first-order chi connectivity index (χ1) is 7.48. The Kier molecular flexibility index (Phi) is 3.15. The minimum absolute atomic E-state index is 0.0684. The summed E-state index contributed by atoms with van der Waals surface area (Å²) in [6, 6.07) is 4.23. The van der Waals surface area contributed by atoms with Gasteiger partial charge in [0.1, 0.15) is 5.01 Å². The van der Waals surface area contributed by atoms with Crippen LogP contribution in [0.5, 0.6) is 0 Å². The molecule has 0 amide bonds. The van der Waals surface area contributed by atoms with Gasteiger partial charge in [-0.2, -0.15) is 0 Å². The van der Waals surface area contributed by atoms with Crippen molar-refractivity contribution in [2.24, 2.45) is 5.73 Å². The van der Waals surface area contributed by atoms with Crippen LogP contribution in [-0.2, 0) is 5.41 Å². The average Bonchev–Trinajstić information content (AvgIpc) is 2.87. The molecule has 2 rings (SSSR count). The monoisotopic (exact) mass is 252 g/mol. The van der Waals surface area contributed by atoms with E-state index in [1.807, 2.05) is 5.38 Å². The number of hydrogen-bond donors (Lipinski definition) is 1. The van der Waals surface area contributed by atoms with Crippen molar-refractivity contribution in [1.82, 2.24) is 4.98 Å². The van der Waals surface area contributed by atoms with Crippen LogP contribution in [-0.4, -0.2) is 4.98 Å². The van der Waals surface area contributed by atoms with E-state index in [4.69, 9.17) is 5.73 Å². The second-order valence-electron chi connectivity index (χ2n) is 4.80. The summed E-state index contributed by atoms with van der Waals surface area (Å²) in [5.41, 5.74) is 6.38. The van der Waals surface area contributed by atoms with Gasteiger partial charge in [0.2, 0.25) is 0 Å². The van der Waals surface area contributed by atoms with Crippen molar-refractivity contribution in [3.05, 3.63) is 38.5 Å². The average molecular weight is 252 g/mol. The molecular formula is C12H16N2S2. The topological polar surface area (TPSA) is 38.9 Å². The maximum atomic E-state index is 6.18. The summed E-state index contributed by atoms with van der Waals surface area (Å²) in [5, 5.41) is 2.95. The molecule has 2 aromatic heterocycles. The molecule has 0 aromatic carbocycles. The van der Waals surface area contributed by atoms with E-state index in [0.29, 0.717) is 0 Å². The Bertz CT molecular complexity index is 452. The van der Waals surface area contributed by atoms with Crippen LogP contribution in [0.2, 0.25) is 0 Å². The molecule has 0 saturated carbocycles. The maximum Gasteiger partial charge on any atom is 0.115 e. The van der Waals surface area contributed by atoms with Gasteiger partial charge in [-0.1, -0.05) is 20.8 Å². The molecule has 2 N–H and O–H groups in total. The Labute approximate surface area is 104 Å². The number of aromatic nitrogens is 1. The lowest BCUT2D eigenvalue weighted by atomic mass is 9.95. The Morgan fingerprint density at radius 1 is 1.31 bits per heavy atom. The van der Waals surface area contributed by atoms with Gasteiger partial charge in [-0.25, -0.2) is 4.98 Å². The SMILES string of the molecule is CC(C)(C)c1ccc(C(N)c2nccs2)s1. The lowest BCUT2D eigenvalue weighted by Gasteiger charge is -2.15. The minimum Gasteiger partial charge on any atom is -0.318 e. The van der Waals surface area contributed by atoms with Gasteiger partial charge in [0.25, 0.3) is 0 Å². The molecule has 86 valence electrons. The van der Waals surface area contributed by atoms with Gasteiger partial charge < -0.3 is 5.73 Å². The van der Waals surface area contributed by atoms with Crippen LogP contribution < -0.4 is 5.73 Å². The Morgan fingerprint density at radius 3 is 2.56 bits per heavy atom. The number of nitrogens with zero attached hydrogens (tertiary/aromatic N) is 1. The molecule has 16 heavy (non-hydrogen) atoms. The van der Waals surface area contributed by atoms with Crippen LogP contribution in [0.3, 0.4) is 0 Å². The molecule has 1 atom stereocenters. The predicted molar refractivity (Wildman–Crippen MR) is 71.2 cm³/mol. The highest BCUT2D eigenvalue weighted by molar-refractivity contribution is 7.13. The van der Waals surface area contributed by atoms with E-state index in [1.165, 1.54) is 9.75 Å². The number of thiophene rings is 1. The van der Waals surface area contributed by atoms with E-state index >= 15 is 0 Å². The normalized spacial score (nSPS) is 14.0. The van der Waals surface area contributed by atoms with Crippen molar-refractivity contribution < 1.29 is 0 Å². The summed E-state index contributed by atoms with van der Waals surface area (Å²) in [6.45, 7) is 6.66. The summed E-state index contributed by atoms with van der Waals surface area (Å²) in [4.78, 5) is 6.83. The van der Waals surface area contributed by atoms with Crippen molar-refractivity contribution in [2.75, 3.05) is 0 Å². The van der Waals surface area contributed by atoms with Crippen molar-refractivity contribution in [3.8, 4) is 0 Å². The van der Waals surface area contributed by atoms with E-state index in [9.17, 15) is 0 Å². The third-order valence-corrected chi connectivity index (χ3v) is 4.84. The van der Waals surface area contributed by atoms with Gasteiger partial charge in [0, 0.05) is 21.3 Å². The summed E-state index contributed by atoms with van der Waals surface area (Å²) in [5.74, 6) is 0. The predicted octanol–water partition coefficient (Wildman–Crippen LogP) is 3.55. The molecular weight excluding hydrogens is 236 g/mol. The second-order valence-corrected chi connectivity index (χ2v) is 6.84. The highest BCUT2D eigenvalue weighted by atomic mass is 32.1. The number of thiazole rings is 1. The molecule has 4 heteroatoms. The second kappa shape index (κ2) is 4.28. The Balaban J connectivity index is 2.26. The highest BCUT2D eigenvalue weighted by Crippen LogP contribution is 2.33. The zero-order valence-electron chi connectivity index (χ0n) is 9.73. The van der Waals surface area contributed by atoms with E-state index in [2.05, 4.69) is 37.9 Å². The number of hydrogen-bond acceptors (Lipinski definition) is 4. The molecule has 0 fully saturated rings. The van der Waals surface area contributed by atoms with Gasteiger partial charge in [-0.3, -0.25) is 0 Å². The molecule has 0 aliphatic carbocycles. The van der Waals surface area contributed by atoms with Gasteiger partial charge in [-0.15, -0.1) is 22.7 Å². The Hall–Kier alpha value is -0.710. The lowest BCUT2D eigenvalue weighted by Crippen LogP contribution is -2.10. The highest BCUT2D eigenvalue weighted by Gasteiger charge is 2.19. The van der Waals surface area contributed by atoms with E-state index < -0.39 is 0 Å². The van der Waals surface area contributed by atoms with E-state index in [0.717, 1.165) is 5.01 Å². The van der Waals surface area contributed by atoms with Gasteiger partial charge >= 0.3 is 0 Å². The quantitative estimate of drug-likeness (QED) is 0.887. The molecule has 0 spiro atoms. The first-order valence-electron chi connectivity index (χ1n) is 5.23. The Morgan fingerprint density at radius 2 is 2.06 bits per heavy atom. The standard InChI is InChI=1S/C12H16N2S2/c1-12(2,3)9-5-4-8(16-9)10(13)11-14-6-7-15-11/h4-7,10H,13H2,1-3H3. The van der Waals surface area contributed by atoms with Crippen molar-refractivity contribution in [3.63, 3.8) is 0 Å². The number of nitrogens with two attached hydrogens (primary N) is 1. The van der Waals surface area contributed by atoms with Crippen LogP contribution in [0.1, 0.15) is 41.6 Å². The van der Waals surface area contributed by atoms with E-state index in [-0.39, 0.29) is 11.5 Å². The third kappa shape index (κ3) is 2.34. The van der Waals surface area contributed by atoms with Crippen LogP contribution in [0.25, 0.3) is 0 Å². The largest absolute Gasteiger partial charge is 0.318 e. The molecule has 0 bridgehead atoms. The summed E-state index contributed by atoms with van der Waals surface area (Å²) in [7, 11) is 0. The molecule has 2 aromatic rings. The number of rotatable bonds is 2. The summed E-state index contributed by atoms with van der Waals surface area (Å²) in [6.07, 6.45) is 1.80. The first-order valence-corrected chi connectivity index (χ1v) is 6.93. The summed E-state index contributed by atoms with van der Waals surface area (Å²) < 4.78 is 0. The molecule has 1 unspecified atom stereocenters. The fourth-order valence-corrected chi connectivity index (χ4v) is 3.23. The molecule has 0 aliphatic rings. The van der Waals surface area contributed by atoms with Crippen molar-refractivity contribution in [2.45, 2.75) is 32.2 Å². The molecule has 2 heterocycles. The van der Waals surface area contributed by atoms with Crippen LogP contribution in [0, 0.1) is 0 Å². The fourth-order valence-electron chi connectivity index (χ4n) is 1.43.